The fraction of sp³-hybridized carbons (Fsp3) is 0.368. The average molecular weight is 340 g/mol. The van der Waals surface area contributed by atoms with Gasteiger partial charge in [-0.3, -0.25) is 4.79 Å². The number of hydrogen-bond donors (Lipinski definition) is 1. The Morgan fingerprint density at radius 1 is 1.20 bits per heavy atom. The third-order valence-electron chi connectivity index (χ3n) is 4.36. The summed E-state index contributed by atoms with van der Waals surface area (Å²) in [7, 11) is 3.75. The number of ether oxygens (including phenoxy) is 1. The second-order valence-corrected chi connectivity index (χ2v) is 6.27. The van der Waals surface area contributed by atoms with Gasteiger partial charge in [0.25, 0.3) is 0 Å². The van der Waals surface area contributed by atoms with Crippen molar-refractivity contribution in [3.05, 3.63) is 48.2 Å². The molecule has 0 atom stereocenters. The molecule has 1 aliphatic rings. The number of hydrogen-bond acceptors (Lipinski definition) is 5. The lowest BCUT2D eigenvalue weighted by molar-refractivity contribution is -0.115. The maximum atomic E-state index is 12.2. The second-order valence-electron chi connectivity index (χ2n) is 6.27. The molecule has 1 fully saturated rings. The minimum atomic E-state index is -0.0672. The molecule has 1 aromatic carbocycles. The molecule has 1 N–H and O–H groups in total. The van der Waals surface area contributed by atoms with Gasteiger partial charge in [0.15, 0.2) is 0 Å². The molecule has 1 aliphatic heterocycles. The second kappa shape index (κ2) is 7.98. The molecule has 0 saturated carbocycles. The summed E-state index contributed by atoms with van der Waals surface area (Å²) in [5.74, 6) is 1.64. The predicted octanol–water partition coefficient (Wildman–Crippen LogP) is 2.02. The summed E-state index contributed by atoms with van der Waals surface area (Å²) in [5, 5.41) is 2.90. The van der Waals surface area contributed by atoms with Crippen LogP contribution in [0.4, 0.5) is 11.5 Å². The number of rotatable bonds is 5. The Morgan fingerprint density at radius 3 is 2.68 bits per heavy atom. The van der Waals surface area contributed by atoms with Crippen molar-refractivity contribution in [1.29, 1.82) is 0 Å². The highest BCUT2D eigenvalue weighted by atomic mass is 16.5. The van der Waals surface area contributed by atoms with Gasteiger partial charge in [0, 0.05) is 26.2 Å². The minimum Gasteiger partial charge on any atom is -0.497 e. The van der Waals surface area contributed by atoms with Crippen LogP contribution in [-0.4, -0.2) is 56.1 Å². The Balaban J connectivity index is 1.56. The molecule has 0 bridgehead atoms. The van der Waals surface area contributed by atoms with Crippen LogP contribution in [0.2, 0.25) is 0 Å². The summed E-state index contributed by atoms with van der Waals surface area (Å²) >= 11 is 0. The molecule has 0 unspecified atom stereocenters. The summed E-state index contributed by atoms with van der Waals surface area (Å²) in [6.07, 6.45) is 2.02. The van der Waals surface area contributed by atoms with Crippen LogP contribution in [0.1, 0.15) is 5.56 Å². The third kappa shape index (κ3) is 4.70. The topological polar surface area (TPSA) is 57.7 Å². The van der Waals surface area contributed by atoms with Crippen molar-refractivity contribution < 1.29 is 9.53 Å². The van der Waals surface area contributed by atoms with Gasteiger partial charge in [0.1, 0.15) is 11.6 Å². The number of pyridine rings is 1. The van der Waals surface area contributed by atoms with Gasteiger partial charge in [-0.2, -0.15) is 0 Å². The van der Waals surface area contributed by atoms with Crippen LogP contribution in [0.25, 0.3) is 0 Å². The van der Waals surface area contributed by atoms with Crippen molar-refractivity contribution in [2.45, 2.75) is 6.42 Å². The van der Waals surface area contributed by atoms with Gasteiger partial charge in [-0.25, -0.2) is 4.98 Å². The maximum Gasteiger partial charge on any atom is 0.228 e. The fourth-order valence-electron chi connectivity index (χ4n) is 2.86. The summed E-state index contributed by atoms with van der Waals surface area (Å²) in [6, 6.07) is 11.4. The zero-order chi connectivity index (χ0) is 17.6. The molecule has 1 amide bonds. The maximum absolute atomic E-state index is 12.2. The highest BCUT2D eigenvalue weighted by molar-refractivity contribution is 5.92. The van der Waals surface area contributed by atoms with E-state index in [2.05, 4.69) is 27.1 Å². The zero-order valence-corrected chi connectivity index (χ0v) is 14.7. The normalized spacial score (nSPS) is 15.0. The average Bonchev–Trinajstić information content (AvgIpc) is 2.63. The van der Waals surface area contributed by atoms with Crippen molar-refractivity contribution in [2.24, 2.45) is 0 Å². The highest BCUT2D eigenvalue weighted by Gasteiger charge is 2.15. The van der Waals surface area contributed by atoms with Gasteiger partial charge in [-0.1, -0.05) is 12.1 Å². The van der Waals surface area contributed by atoms with Gasteiger partial charge in [-0.15, -0.1) is 0 Å². The Bertz CT molecular complexity index is 710. The first-order valence-corrected chi connectivity index (χ1v) is 8.46. The number of nitrogens with zero attached hydrogens (tertiary/aromatic N) is 3. The SMILES string of the molecule is COc1cccc(CC(=O)Nc2ccc(N3CCN(C)CC3)nc2)c1. The zero-order valence-electron chi connectivity index (χ0n) is 14.7. The van der Waals surface area contributed by atoms with E-state index in [0.29, 0.717) is 12.1 Å². The van der Waals surface area contributed by atoms with Crippen LogP contribution in [0.15, 0.2) is 42.6 Å². The van der Waals surface area contributed by atoms with Crippen LogP contribution in [0, 0.1) is 0 Å². The van der Waals surface area contributed by atoms with E-state index >= 15 is 0 Å². The number of piperazine rings is 1. The predicted molar refractivity (Wildman–Crippen MR) is 99.3 cm³/mol. The van der Waals surface area contributed by atoms with Crippen molar-refractivity contribution >= 4 is 17.4 Å². The van der Waals surface area contributed by atoms with E-state index in [0.717, 1.165) is 43.3 Å². The summed E-state index contributed by atoms with van der Waals surface area (Å²) in [4.78, 5) is 21.3. The first kappa shape index (κ1) is 17.2. The molecule has 0 spiro atoms. The number of amides is 1. The van der Waals surface area contributed by atoms with Crippen LogP contribution in [0.5, 0.6) is 5.75 Å². The van der Waals surface area contributed by atoms with Crippen LogP contribution < -0.4 is 15.0 Å². The fourth-order valence-corrected chi connectivity index (χ4v) is 2.86. The number of anilines is 2. The van der Waals surface area contributed by atoms with E-state index in [1.165, 1.54) is 0 Å². The van der Waals surface area contributed by atoms with Gasteiger partial charge < -0.3 is 19.9 Å². The van der Waals surface area contributed by atoms with E-state index in [9.17, 15) is 4.79 Å². The molecular weight excluding hydrogens is 316 g/mol. The molecule has 6 nitrogen and oxygen atoms in total. The third-order valence-corrected chi connectivity index (χ3v) is 4.36. The van der Waals surface area contributed by atoms with Crippen molar-refractivity contribution in [3.63, 3.8) is 0 Å². The monoisotopic (exact) mass is 340 g/mol. The molecule has 2 aromatic rings. The smallest absolute Gasteiger partial charge is 0.228 e. The number of methoxy groups -OCH3 is 1. The molecule has 0 aliphatic carbocycles. The highest BCUT2D eigenvalue weighted by Crippen LogP contribution is 2.17. The Morgan fingerprint density at radius 2 is 2.00 bits per heavy atom. The lowest BCUT2D eigenvalue weighted by Gasteiger charge is -2.33. The molecule has 1 aromatic heterocycles. The molecule has 6 heteroatoms. The van der Waals surface area contributed by atoms with Crippen LogP contribution in [0.3, 0.4) is 0 Å². The standard InChI is InChI=1S/C19H24N4O2/c1-22-8-10-23(11-9-22)18-7-6-16(14-20-18)21-19(24)13-15-4-3-5-17(12-15)25-2/h3-7,12,14H,8-11,13H2,1-2H3,(H,21,24). The number of carbonyl (C=O) groups excluding carboxylic acids is 1. The van der Waals surface area contributed by atoms with E-state index in [4.69, 9.17) is 4.74 Å². The van der Waals surface area contributed by atoms with Crippen LogP contribution in [-0.2, 0) is 11.2 Å². The number of carbonyl (C=O) groups is 1. The lowest BCUT2D eigenvalue weighted by atomic mass is 10.1. The van der Waals surface area contributed by atoms with Gasteiger partial charge >= 0.3 is 0 Å². The molecule has 132 valence electrons. The molecular formula is C19H24N4O2. The largest absolute Gasteiger partial charge is 0.497 e. The quantitative estimate of drug-likeness (QED) is 0.902. The number of nitrogens with one attached hydrogen (secondary N) is 1. The van der Waals surface area contributed by atoms with Crippen LogP contribution >= 0.6 is 0 Å². The number of likely N-dealkylation sites (N-methyl/N-ethyl adjacent to an activating group) is 1. The molecule has 1 saturated heterocycles. The first-order valence-electron chi connectivity index (χ1n) is 8.46. The van der Waals surface area contributed by atoms with Gasteiger partial charge in [0.2, 0.25) is 5.91 Å². The van der Waals surface area contributed by atoms with Crippen molar-refractivity contribution in [3.8, 4) is 5.75 Å². The summed E-state index contributed by atoms with van der Waals surface area (Å²) in [5.41, 5.74) is 1.63. The number of benzene rings is 1. The molecule has 25 heavy (non-hydrogen) atoms. The van der Waals surface area contributed by atoms with Crippen molar-refractivity contribution in [1.82, 2.24) is 9.88 Å². The van der Waals surface area contributed by atoms with Gasteiger partial charge in [0.05, 0.1) is 25.4 Å². The van der Waals surface area contributed by atoms with E-state index in [1.54, 1.807) is 13.3 Å². The van der Waals surface area contributed by atoms with Crippen molar-refractivity contribution in [2.75, 3.05) is 50.6 Å². The van der Waals surface area contributed by atoms with E-state index in [-0.39, 0.29) is 5.91 Å². The molecule has 3 rings (SSSR count). The van der Waals surface area contributed by atoms with E-state index < -0.39 is 0 Å². The summed E-state index contributed by atoms with van der Waals surface area (Å²) < 4.78 is 5.18. The Hall–Kier alpha value is -2.60. The molecule has 0 radical (unpaired) electrons. The van der Waals surface area contributed by atoms with E-state index in [1.807, 2.05) is 36.4 Å². The first-order chi connectivity index (χ1) is 12.1. The number of aromatic nitrogens is 1. The Kier molecular flexibility index (Phi) is 5.50. The minimum absolute atomic E-state index is 0.0672. The summed E-state index contributed by atoms with van der Waals surface area (Å²) in [6.45, 7) is 4.04. The lowest BCUT2D eigenvalue weighted by Crippen LogP contribution is -2.44. The Labute approximate surface area is 148 Å². The van der Waals surface area contributed by atoms with Gasteiger partial charge in [-0.05, 0) is 36.9 Å². The molecule has 2 heterocycles.